The maximum atomic E-state index is 10.2. The Morgan fingerprint density at radius 1 is 1.07 bits per heavy atom. The molecule has 0 aromatic heterocycles. The van der Waals surface area contributed by atoms with E-state index in [1.54, 1.807) is 13.2 Å². The molecule has 0 aliphatic rings. The van der Waals surface area contributed by atoms with Gasteiger partial charge in [0.25, 0.3) is 0 Å². The second kappa shape index (κ2) is 10.3. The van der Waals surface area contributed by atoms with Gasteiger partial charge in [-0.15, -0.1) is 0 Å². The van der Waals surface area contributed by atoms with Crippen LogP contribution in [-0.2, 0) is 13.0 Å². The van der Waals surface area contributed by atoms with E-state index in [1.165, 1.54) is 12.7 Å². The number of methoxy groups -OCH3 is 2. The van der Waals surface area contributed by atoms with Crippen molar-refractivity contribution in [1.82, 2.24) is 10.6 Å². The summed E-state index contributed by atoms with van der Waals surface area (Å²) in [7, 11) is 3.22. The first kappa shape index (κ1) is 20.4. The van der Waals surface area contributed by atoms with Crippen molar-refractivity contribution in [3.63, 3.8) is 0 Å². The molecule has 2 aromatic rings. The highest BCUT2D eigenvalue weighted by molar-refractivity contribution is 5.79. The van der Waals surface area contributed by atoms with Crippen molar-refractivity contribution in [2.45, 2.75) is 26.8 Å². The van der Waals surface area contributed by atoms with Gasteiger partial charge in [0.1, 0.15) is 5.75 Å². The lowest BCUT2D eigenvalue weighted by Gasteiger charge is -2.13. The zero-order valence-electron chi connectivity index (χ0n) is 16.5. The number of hydrogen-bond acceptors (Lipinski definition) is 4. The maximum absolute atomic E-state index is 10.2. The summed E-state index contributed by atoms with van der Waals surface area (Å²) in [5.74, 6) is 2.20. The smallest absolute Gasteiger partial charge is 0.191 e. The van der Waals surface area contributed by atoms with Gasteiger partial charge in [-0.2, -0.15) is 0 Å². The summed E-state index contributed by atoms with van der Waals surface area (Å²) in [5.41, 5.74) is 3.04. The number of aliphatic imine (C=N–C) groups is 1. The van der Waals surface area contributed by atoms with Crippen LogP contribution in [0.15, 0.2) is 41.4 Å². The molecule has 0 radical (unpaired) electrons. The SMILES string of the molecule is CCNC(=NCc1cccc(OC)c1O)NCCc1ccc(C)c(OC)c1. The molecule has 0 saturated heterocycles. The lowest BCUT2D eigenvalue weighted by molar-refractivity contribution is 0.370. The molecule has 0 heterocycles. The number of para-hydroxylation sites is 1. The number of ether oxygens (including phenoxy) is 2. The first-order valence-electron chi connectivity index (χ1n) is 9.09. The second-order valence-electron chi connectivity index (χ2n) is 6.14. The molecule has 0 unspecified atom stereocenters. The van der Waals surface area contributed by atoms with Crippen molar-refractivity contribution in [1.29, 1.82) is 0 Å². The van der Waals surface area contributed by atoms with Gasteiger partial charge in [0.05, 0.1) is 20.8 Å². The summed E-state index contributed by atoms with van der Waals surface area (Å²) >= 11 is 0. The van der Waals surface area contributed by atoms with Gasteiger partial charge < -0.3 is 25.2 Å². The van der Waals surface area contributed by atoms with Crippen molar-refractivity contribution in [2.24, 2.45) is 4.99 Å². The van der Waals surface area contributed by atoms with Gasteiger partial charge in [-0.05, 0) is 43.5 Å². The molecule has 27 heavy (non-hydrogen) atoms. The highest BCUT2D eigenvalue weighted by Gasteiger charge is 2.07. The predicted octanol–water partition coefficient (Wildman–Crippen LogP) is 3.02. The number of benzene rings is 2. The third-order valence-electron chi connectivity index (χ3n) is 4.23. The van der Waals surface area contributed by atoms with Crippen LogP contribution in [0.4, 0.5) is 0 Å². The normalized spacial score (nSPS) is 11.2. The van der Waals surface area contributed by atoms with Gasteiger partial charge in [-0.1, -0.05) is 24.3 Å². The average molecular weight is 371 g/mol. The van der Waals surface area contributed by atoms with Crippen molar-refractivity contribution in [3.8, 4) is 17.2 Å². The van der Waals surface area contributed by atoms with Crippen molar-refractivity contribution < 1.29 is 14.6 Å². The van der Waals surface area contributed by atoms with E-state index >= 15 is 0 Å². The Hall–Kier alpha value is -2.89. The molecule has 0 bridgehead atoms. The van der Waals surface area contributed by atoms with E-state index in [4.69, 9.17) is 9.47 Å². The van der Waals surface area contributed by atoms with Crippen molar-refractivity contribution in [2.75, 3.05) is 27.3 Å². The summed E-state index contributed by atoms with van der Waals surface area (Å²) < 4.78 is 10.5. The third kappa shape index (κ3) is 5.81. The Labute approximate surface area is 161 Å². The zero-order chi connectivity index (χ0) is 19.6. The van der Waals surface area contributed by atoms with E-state index in [9.17, 15) is 5.11 Å². The van der Waals surface area contributed by atoms with Gasteiger partial charge in [-0.3, -0.25) is 0 Å². The summed E-state index contributed by atoms with van der Waals surface area (Å²) in [6.07, 6.45) is 0.853. The van der Waals surface area contributed by atoms with Gasteiger partial charge in [-0.25, -0.2) is 4.99 Å². The molecule has 0 spiro atoms. The predicted molar refractivity (Wildman–Crippen MR) is 109 cm³/mol. The first-order chi connectivity index (χ1) is 13.1. The van der Waals surface area contributed by atoms with Crippen LogP contribution >= 0.6 is 0 Å². The highest BCUT2D eigenvalue weighted by atomic mass is 16.5. The van der Waals surface area contributed by atoms with E-state index in [2.05, 4.69) is 33.8 Å². The minimum atomic E-state index is 0.131. The molecule has 0 aliphatic carbocycles. The summed E-state index contributed by atoms with van der Waals surface area (Å²) in [6, 6.07) is 11.6. The van der Waals surface area contributed by atoms with E-state index in [0.717, 1.165) is 36.4 Å². The number of phenols is 1. The number of phenolic OH excluding ortho intramolecular Hbond substituents is 1. The molecule has 0 saturated carbocycles. The summed E-state index contributed by atoms with van der Waals surface area (Å²) in [6.45, 7) is 5.91. The number of nitrogens with one attached hydrogen (secondary N) is 2. The Balaban J connectivity index is 1.98. The number of aromatic hydroxyl groups is 1. The lowest BCUT2D eigenvalue weighted by atomic mass is 10.1. The van der Waals surface area contributed by atoms with Gasteiger partial charge in [0.15, 0.2) is 17.5 Å². The average Bonchev–Trinajstić information content (AvgIpc) is 2.68. The van der Waals surface area contributed by atoms with Crippen LogP contribution in [0.1, 0.15) is 23.6 Å². The fourth-order valence-electron chi connectivity index (χ4n) is 2.71. The topological polar surface area (TPSA) is 75.1 Å². The largest absolute Gasteiger partial charge is 0.504 e. The number of aryl methyl sites for hydroxylation is 1. The minimum Gasteiger partial charge on any atom is -0.504 e. The van der Waals surface area contributed by atoms with Crippen LogP contribution < -0.4 is 20.1 Å². The van der Waals surface area contributed by atoms with Gasteiger partial charge >= 0.3 is 0 Å². The number of guanidine groups is 1. The molecule has 0 fully saturated rings. The second-order valence-corrected chi connectivity index (χ2v) is 6.14. The Bertz CT molecular complexity index is 775. The molecule has 0 aliphatic heterocycles. The molecule has 2 rings (SSSR count). The van der Waals surface area contributed by atoms with E-state index in [1.807, 2.05) is 26.0 Å². The van der Waals surface area contributed by atoms with Crippen LogP contribution in [0.2, 0.25) is 0 Å². The van der Waals surface area contributed by atoms with Crippen LogP contribution in [-0.4, -0.2) is 38.4 Å². The van der Waals surface area contributed by atoms with E-state index in [-0.39, 0.29) is 5.75 Å². The van der Waals surface area contributed by atoms with Crippen molar-refractivity contribution >= 4 is 5.96 Å². The standard InChI is InChI=1S/C21H29N3O3/c1-5-22-21(24-14-17-7-6-8-18(26-3)20(17)25)23-12-11-16-10-9-15(2)19(13-16)27-4/h6-10,13,25H,5,11-12,14H2,1-4H3,(H2,22,23,24). The van der Waals surface area contributed by atoms with Crippen molar-refractivity contribution in [3.05, 3.63) is 53.1 Å². The Morgan fingerprint density at radius 3 is 2.56 bits per heavy atom. The first-order valence-corrected chi connectivity index (χ1v) is 9.09. The summed E-state index contributed by atoms with van der Waals surface area (Å²) in [5, 5.41) is 16.7. The third-order valence-corrected chi connectivity index (χ3v) is 4.23. The quantitative estimate of drug-likeness (QED) is 0.491. The van der Waals surface area contributed by atoms with E-state index < -0.39 is 0 Å². The monoisotopic (exact) mass is 371 g/mol. The molecule has 0 amide bonds. The van der Waals surface area contributed by atoms with Crippen LogP contribution in [0.5, 0.6) is 17.2 Å². The molecule has 3 N–H and O–H groups in total. The minimum absolute atomic E-state index is 0.131. The molecular weight excluding hydrogens is 342 g/mol. The zero-order valence-corrected chi connectivity index (χ0v) is 16.5. The summed E-state index contributed by atoms with van der Waals surface area (Å²) in [4.78, 5) is 4.55. The van der Waals surface area contributed by atoms with Crippen LogP contribution in [0, 0.1) is 6.92 Å². The fraction of sp³-hybridized carbons (Fsp3) is 0.381. The molecular formula is C21H29N3O3. The fourth-order valence-corrected chi connectivity index (χ4v) is 2.71. The number of hydrogen-bond donors (Lipinski definition) is 3. The van der Waals surface area contributed by atoms with E-state index in [0.29, 0.717) is 18.3 Å². The molecule has 2 aromatic carbocycles. The van der Waals surface area contributed by atoms with Gasteiger partial charge in [0, 0.05) is 18.7 Å². The Morgan fingerprint density at radius 2 is 1.85 bits per heavy atom. The number of rotatable bonds is 8. The Kier molecular flexibility index (Phi) is 7.79. The van der Waals surface area contributed by atoms with Crippen LogP contribution in [0.3, 0.4) is 0 Å². The molecule has 146 valence electrons. The maximum Gasteiger partial charge on any atom is 0.191 e. The molecule has 0 atom stereocenters. The molecule has 6 nitrogen and oxygen atoms in total. The van der Waals surface area contributed by atoms with Gasteiger partial charge in [0.2, 0.25) is 0 Å². The lowest BCUT2D eigenvalue weighted by Crippen LogP contribution is -2.38. The van der Waals surface area contributed by atoms with Crippen LogP contribution in [0.25, 0.3) is 0 Å². The number of nitrogens with zero attached hydrogens (tertiary/aromatic N) is 1. The molecule has 6 heteroatoms. The highest BCUT2D eigenvalue weighted by Crippen LogP contribution is 2.29.